The Balaban J connectivity index is 1.68. The van der Waals surface area contributed by atoms with Crippen LogP contribution in [0.4, 0.5) is 0 Å². The standard InChI is InChI=1S/C26H32Cl2N4O2/c1-4-34-23-13-22-21(11-19(23)26(33)30-17-8-5-15(2)6-9-17)31-24(32(22)3)12-18-20(27)10-7-16(14-29)25(18)28/h7,10-11,13,15,17H,4-6,8-9,12,14,29H2,1-3H3,(H,30,33). The third kappa shape index (κ3) is 5.04. The first-order valence-electron chi connectivity index (χ1n) is 11.9. The molecule has 1 aliphatic rings. The lowest BCUT2D eigenvalue weighted by Gasteiger charge is -2.27. The zero-order chi connectivity index (χ0) is 24.4. The quantitative estimate of drug-likeness (QED) is 0.438. The fourth-order valence-electron chi connectivity index (χ4n) is 4.67. The Morgan fingerprint density at radius 3 is 2.65 bits per heavy atom. The van der Waals surface area contributed by atoms with Crippen LogP contribution >= 0.6 is 23.2 Å². The molecule has 182 valence electrons. The molecular formula is C26H32Cl2N4O2. The second-order valence-electron chi connectivity index (χ2n) is 9.17. The monoisotopic (exact) mass is 502 g/mol. The summed E-state index contributed by atoms with van der Waals surface area (Å²) < 4.78 is 7.86. The van der Waals surface area contributed by atoms with E-state index in [-0.39, 0.29) is 11.9 Å². The lowest BCUT2D eigenvalue weighted by Crippen LogP contribution is -2.37. The molecule has 1 aromatic heterocycles. The lowest BCUT2D eigenvalue weighted by atomic mass is 9.87. The SMILES string of the molecule is CCOc1cc2c(cc1C(=O)NC1CCC(C)CC1)nc(Cc1c(Cl)ccc(CN)c1Cl)n2C. The van der Waals surface area contributed by atoms with E-state index in [4.69, 9.17) is 38.7 Å². The average molecular weight is 503 g/mol. The molecule has 6 nitrogen and oxygen atoms in total. The van der Waals surface area contributed by atoms with Crippen molar-refractivity contribution in [3.05, 3.63) is 56.8 Å². The Bertz CT molecular complexity index is 1200. The van der Waals surface area contributed by atoms with Crippen LogP contribution in [0.15, 0.2) is 24.3 Å². The third-order valence-corrected chi connectivity index (χ3v) is 7.62. The third-order valence-electron chi connectivity index (χ3n) is 6.79. The first-order chi connectivity index (χ1) is 16.3. The van der Waals surface area contributed by atoms with Gasteiger partial charge in [0.05, 0.1) is 28.2 Å². The van der Waals surface area contributed by atoms with Gasteiger partial charge in [0.1, 0.15) is 11.6 Å². The summed E-state index contributed by atoms with van der Waals surface area (Å²) in [6.45, 7) is 4.98. The number of halogens is 2. The van der Waals surface area contributed by atoms with Gasteiger partial charge in [-0.2, -0.15) is 0 Å². The van der Waals surface area contributed by atoms with Crippen molar-refractivity contribution in [2.45, 2.75) is 58.5 Å². The van der Waals surface area contributed by atoms with Crippen LogP contribution in [0.1, 0.15) is 66.8 Å². The maximum absolute atomic E-state index is 13.2. The summed E-state index contributed by atoms with van der Waals surface area (Å²) in [6, 6.07) is 7.58. The van der Waals surface area contributed by atoms with Crippen molar-refractivity contribution in [2.24, 2.45) is 18.7 Å². The van der Waals surface area contributed by atoms with Gasteiger partial charge in [0.2, 0.25) is 0 Å². The summed E-state index contributed by atoms with van der Waals surface area (Å²) in [5.41, 5.74) is 9.57. The molecule has 1 aliphatic carbocycles. The van der Waals surface area contributed by atoms with Crippen LogP contribution in [0.25, 0.3) is 11.0 Å². The number of nitrogens with two attached hydrogens (primary N) is 1. The minimum Gasteiger partial charge on any atom is -0.493 e. The molecular weight excluding hydrogens is 471 g/mol. The minimum atomic E-state index is -0.112. The van der Waals surface area contributed by atoms with Gasteiger partial charge in [0.25, 0.3) is 5.91 Å². The maximum atomic E-state index is 13.2. The van der Waals surface area contributed by atoms with E-state index < -0.39 is 0 Å². The summed E-state index contributed by atoms with van der Waals surface area (Å²) >= 11 is 13.0. The van der Waals surface area contributed by atoms with Crippen LogP contribution in [0.2, 0.25) is 10.0 Å². The number of nitrogens with one attached hydrogen (secondary N) is 1. The first-order valence-corrected chi connectivity index (χ1v) is 12.7. The normalized spacial score (nSPS) is 18.3. The molecule has 0 radical (unpaired) electrons. The smallest absolute Gasteiger partial charge is 0.255 e. The Labute approximate surface area is 210 Å². The number of hydrogen-bond donors (Lipinski definition) is 2. The van der Waals surface area contributed by atoms with Crippen molar-refractivity contribution < 1.29 is 9.53 Å². The first kappa shape index (κ1) is 24.8. The van der Waals surface area contributed by atoms with E-state index >= 15 is 0 Å². The Hall–Kier alpha value is -2.28. The van der Waals surface area contributed by atoms with Crippen LogP contribution < -0.4 is 15.8 Å². The fraction of sp³-hybridized carbons (Fsp3) is 0.462. The summed E-state index contributed by atoms with van der Waals surface area (Å²) in [7, 11) is 1.94. The Morgan fingerprint density at radius 2 is 1.97 bits per heavy atom. The summed E-state index contributed by atoms with van der Waals surface area (Å²) in [4.78, 5) is 18.0. The van der Waals surface area contributed by atoms with Gasteiger partial charge in [-0.3, -0.25) is 4.79 Å². The van der Waals surface area contributed by atoms with E-state index in [9.17, 15) is 4.79 Å². The molecule has 0 saturated heterocycles. The Morgan fingerprint density at radius 1 is 1.24 bits per heavy atom. The highest BCUT2D eigenvalue weighted by atomic mass is 35.5. The second-order valence-corrected chi connectivity index (χ2v) is 9.95. The summed E-state index contributed by atoms with van der Waals surface area (Å²) in [6.07, 6.45) is 4.75. The number of fused-ring (bicyclic) bond motifs is 1. The number of carbonyl (C=O) groups is 1. The van der Waals surface area contributed by atoms with Gasteiger partial charge in [-0.1, -0.05) is 36.2 Å². The van der Waals surface area contributed by atoms with Crippen molar-refractivity contribution >= 4 is 40.1 Å². The van der Waals surface area contributed by atoms with Crippen molar-refractivity contribution in [1.82, 2.24) is 14.9 Å². The number of aryl methyl sites for hydroxylation is 1. The van der Waals surface area contributed by atoms with E-state index in [1.54, 1.807) is 0 Å². The Kier molecular flexibility index (Phi) is 7.70. The van der Waals surface area contributed by atoms with Crippen LogP contribution in [-0.2, 0) is 20.0 Å². The van der Waals surface area contributed by atoms with E-state index in [0.29, 0.717) is 40.9 Å². The van der Waals surface area contributed by atoms with Crippen molar-refractivity contribution in [2.75, 3.05) is 6.61 Å². The van der Waals surface area contributed by atoms with E-state index in [1.807, 2.05) is 42.8 Å². The molecule has 0 atom stereocenters. The molecule has 3 N–H and O–H groups in total. The summed E-state index contributed by atoms with van der Waals surface area (Å²) in [5.74, 6) is 1.96. The van der Waals surface area contributed by atoms with Gasteiger partial charge in [-0.15, -0.1) is 0 Å². The molecule has 8 heteroatoms. The molecule has 3 aromatic rings. The van der Waals surface area contributed by atoms with Crippen LogP contribution in [0, 0.1) is 5.92 Å². The van der Waals surface area contributed by atoms with Gasteiger partial charge in [-0.25, -0.2) is 4.98 Å². The fourth-order valence-corrected chi connectivity index (χ4v) is 5.25. The van der Waals surface area contributed by atoms with Crippen LogP contribution in [-0.4, -0.2) is 28.1 Å². The van der Waals surface area contributed by atoms with Crippen molar-refractivity contribution in [1.29, 1.82) is 0 Å². The van der Waals surface area contributed by atoms with E-state index in [0.717, 1.165) is 59.6 Å². The topological polar surface area (TPSA) is 82.2 Å². The number of benzene rings is 2. The molecule has 2 aromatic carbocycles. The number of ether oxygens (including phenoxy) is 1. The molecule has 0 aliphatic heterocycles. The number of hydrogen-bond acceptors (Lipinski definition) is 4. The highest BCUT2D eigenvalue weighted by Crippen LogP contribution is 2.32. The second kappa shape index (κ2) is 10.5. The van der Waals surface area contributed by atoms with Gasteiger partial charge in [0.15, 0.2) is 0 Å². The maximum Gasteiger partial charge on any atom is 0.255 e. The number of carbonyl (C=O) groups excluding carboxylic acids is 1. The predicted octanol–water partition coefficient (Wildman–Crippen LogP) is 5.64. The zero-order valence-corrected chi connectivity index (χ0v) is 21.5. The van der Waals surface area contributed by atoms with E-state index in [2.05, 4.69) is 12.2 Å². The summed E-state index contributed by atoms with van der Waals surface area (Å²) in [5, 5.41) is 4.35. The van der Waals surface area contributed by atoms with Crippen molar-refractivity contribution in [3.8, 4) is 5.75 Å². The molecule has 0 unspecified atom stereocenters. The van der Waals surface area contributed by atoms with Gasteiger partial charge in [0, 0.05) is 37.1 Å². The molecule has 0 spiro atoms. The number of nitrogens with zero attached hydrogens (tertiary/aromatic N) is 2. The number of amides is 1. The van der Waals surface area contributed by atoms with Gasteiger partial charge >= 0.3 is 0 Å². The van der Waals surface area contributed by atoms with Crippen molar-refractivity contribution in [3.63, 3.8) is 0 Å². The highest BCUT2D eigenvalue weighted by molar-refractivity contribution is 6.36. The number of rotatable bonds is 7. The number of aromatic nitrogens is 2. The molecule has 1 saturated carbocycles. The van der Waals surface area contributed by atoms with Gasteiger partial charge < -0.3 is 20.4 Å². The molecule has 1 amide bonds. The molecule has 4 rings (SSSR count). The van der Waals surface area contributed by atoms with E-state index in [1.165, 1.54) is 0 Å². The minimum absolute atomic E-state index is 0.112. The van der Waals surface area contributed by atoms with Gasteiger partial charge in [-0.05, 0) is 61.8 Å². The molecule has 0 bridgehead atoms. The lowest BCUT2D eigenvalue weighted by molar-refractivity contribution is 0.0919. The average Bonchev–Trinajstić information content (AvgIpc) is 3.12. The van der Waals surface area contributed by atoms with Crippen LogP contribution in [0.3, 0.4) is 0 Å². The molecule has 34 heavy (non-hydrogen) atoms. The highest BCUT2D eigenvalue weighted by Gasteiger charge is 2.24. The largest absolute Gasteiger partial charge is 0.493 e. The zero-order valence-electron chi connectivity index (χ0n) is 20.0. The predicted molar refractivity (Wildman–Crippen MR) is 138 cm³/mol. The molecule has 1 heterocycles. The number of imidazole rings is 1. The molecule has 1 fully saturated rings. The van der Waals surface area contributed by atoms with Crippen LogP contribution in [0.5, 0.6) is 5.75 Å².